The number of ketones is 1. The number of nitrogens with two attached hydrogens (primary N) is 1. The van der Waals surface area contributed by atoms with E-state index >= 15 is 0 Å². The van der Waals surface area contributed by atoms with E-state index in [0.29, 0.717) is 12.8 Å². The van der Waals surface area contributed by atoms with Crippen LogP contribution in [-0.2, 0) is 11.3 Å². The number of aromatic amines is 1. The van der Waals surface area contributed by atoms with Gasteiger partial charge in [0.15, 0.2) is 5.69 Å². The van der Waals surface area contributed by atoms with Crippen LogP contribution in [0.25, 0.3) is 0 Å². The van der Waals surface area contributed by atoms with Gasteiger partial charge in [0.05, 0.1) is 0 Å². The van der Waals surface area contributed by atoms with Gasteiger partial charge in [-0.3, -0.25) is 28.8 Å². The minimum absolute atomic E-state index is 0.114. The van der Waals surface area contributed by atoms with Gasteiger partial charge in [0, 0.05) is 18.7 Å². The maximum absolute atomic E-state index is 13.0. The molecule has 0 aliphatic carbocycles. The minimum Gasteiger partial charge on any atom is -0.383 e. The summed E-state index contributed by atoms with van der Waals surface area (Å²) in [5, 5.41) is 0. The number of anilines is 2. The standard InChI is InChI=1S/C20H26N4O4/c1-4-6-12-23(19(27)16(25)14-9-7-13(3)8-10-14)15-17(21)24(11-5-2)20(28)22-18(15)26/h7-10H,4-6,11-12,21H2,1-3H3,(H,22,26,28). The van der Waals surface area contributed by atoms with E-state index in [-0.39, 0.29) is 30.2 Å². The Balaban J connectivity index is 2.54. The molecule has 28 heavy (non-hydrogen) atoms. The number of H-pyrrole nitrogens is 1. The van der Waals surface area contributed by atoms with Crippen LogP contribution in [0.15, 0.2) is 33.9 Å². The van der Waals surface area contributed by atoms with E-state index in [1.54, 1.807) is 24.3 Å². The molecule has 1 amide bonds. The lowest BCUT2D eigenvalue weighted by Crippen LogP contribution is -2.44. The predicted molar refractivity (Wildman–Crippen MR) is 109 cm³/mol. The molecule has 0 aliphatic rings. The summed E-state index contributed by atoms with van der Waals surface area (Å²) in [5.41, 5.74) is 5.69. The van der Waals surface area contributed by atoms with Crippen molar-refractivity contribution in [3.8, 4) is 0 Å². The maximum Gasteiger partial charge on any atom is 0.330 e. The van der Waals surface area contributed by atoms with Gasteiger partial charge in [-0.1, -0.05) is 50.1 Å². The average molecular weight is 386 g/mol. The van der Waals surface area contributed by atoms with Crippen LogP contribution in [0.4, 0.5) is 11.5 Å². The summed E-state index contributed by atoms with van der Waals surface area (Å²) < 4.78 is 1.21. The molecular formula is C20H26N4O4. The molecule has 0 fully saturated rings. The number of rotatable bonds is 8. The molecule has 150 valence electrons. The zero-order valence-corrected chi connectivity index (χ0v) is 16.4. The molecule has 0 unspecified atom stereocenters. The summed E-state index contributed by atoms with van der Waals surface area (Å²) in [7, 11) is 0. The third-order valence-corrected chi connectivity index (χ3v) is 4.42. The number of carbonyl (C=O) groups is 2. The number of aromatic nitrogens is 2. The van der Waals surface area contributed by atoms with Gasteiger partial charge in [-0.2, -0.15) is 0 Å². The van der Waals surface area contributed by atoms with Crippen molar-refractivity contribution in [3.05, 3.63) is 56.2 Å². The van der Waals surface area contributed by atoms with Gasteiger partial charge in [0.2, 0.25) is 0 Å². The first-order chi connectivity index (χ1) is 13.3. The Morgan fingerprint density at radius 2 is 1.75 bits per heavy atom. The number of amides is 1. The summed E-state index contributed by atoms with van der Waals surface area (Å²) in [6.45, 7) is 6.09. The summed E-state index contributed by atoms with van der Waals surface area (Å²) in [6, 6.07) is 6.61. The molecule has 8 heteroatoms. The fraction of sp³-hybridized carbons (Fsp3) is 0.400. The number of unbranched alkanes of at least 4 members (excludes halogenated alkanes) is 1. The second-order valence-electron chi connectivity index (χ2n) is 6.65. The highest BCUT2D eigenvalue weighted by Crippen LogP contribution is 2.19. The largest absolute Gasteiger partial charge is 0.383 e. The quantitative estimate of drug-likeness (QED) is 0.530. The third-order valence-electron chi connectivity index (χ3n) is 4.42. The maximum atomic E-state index is 13.0. The van der Waals surface area contributed by atoms with Gasteiger partial charge < -0.3 is 5.73 Å². The number of benzene rings is 1. The number of nitrogens with zero attached hydrogens (tertiary/aromatic N) is 2. The van der Waals surface area contributed by atoms with Gasteiger partial charge in [-0.05, 0) is 19.8 Å². The number of nitrogen functional groups attached to an aromatic ring is 1. The van der Waals surface area contributed by atoms with Gasteiger partial charge in [0.1, 0.15) is 5.82 Å². The Hall–Kier alpha value is -3.16. The normalized spacial score (nSPS) is 10.7. The molecule has 0 radical (unpaired) electrons. The van der Waals surface area contributed by atoms with Crippen molar-refractivity contribution in [3.63, 3.8) is 0 Å². The lowest BCUT2D eigenvalue weighted by atomic mass is 10.1. The highest BCUT2D eigenvalue weighted by Gasteiger charge is 2.29. The summed E-state index contributed by atoms with van der Waals surface area (Å²) >= 11 is 0. The Kier molecular flexibility index (Phi) is 6.92. The lowest BCUT2D eigenvalue weighted by molar-refractivity contribution is -0.114. The molecule has 2 aromatic rings. The van der Waals surface area contributed by atoms with E-state index in [1.807, 2.05) is 20.8 Å². The molecule has 0 spiro atoms. The van der Waals surface area contributed by atoms with Crippen LogP contribution in [0.5, 0.6) is 0 Å². The first-order valence-electron chi connectivity index (χ1n) is 9.37. The van der Waals surface area contributed by atoms with Gasteiger partial charge in [0.25, 0.3) is 17.2 Å². The van der Waals surface area contributed by atoms with Crippen LogP contribution in [0.1, 0.15) is 49.0 Å². The van der Waals surface area contributed by atoms with Crippen molar-refractivity contribution < 1.29 is 9.59 Å². The smallest absolute Gasteiger partial charge is 0.330 e. The minimum atomic E-state index is -0.851. The highest BCUT2D eigenvalue weighted by molar-refractivity contribution is 6.47. The summed E-state index contributed by atoms with van der Waals surface area (Å²) in [5.74, 6) is -1.70. The van der Waals surface area contributed by atoms with Crippen LogP contribution >= 0.6 is 0 Å². The Morgan fingerprint density at radius 3 is 2.32 bits per heavy atom. The Bertz CT molecular complexity index is 973. The summed E-state index contributed by atoms with van der Waals surface area (Å²) in [6.07, 6.45) is 1.93. The highest BCUT2D eigenvalue weighted by atomic mass is 16.2. The zero-order valence-electron chi connectivity index (χ0n) is 16.4. The molecule has 3 N–H and O–H groups in total. The third kappa shape index (κ3) is 4.39. The second kappa shape index (κ2) is 9.16. The van der Waals surface area contributed by atoms with Gasteiger partial charge in [-0.15, -0.1) is 0 Å². The molecule has 0 aliphatic heterocycles. The van der Waals surface area contributed by atoms with Crippen molar-refractivity contribution in [2.45, 2.75) is 46.6 Å². The van der Waals surface area contributed by atoms with Crippen LogP contribution in [-0.4, -0.2) is 27.8 Å². The van der Waals surface area contributed by atoms with Crippen LogP contribution in [0.3, 0.4) is 0 Å². The fourth-order valence-electron chi connectivity index (χ4n) is 2.87. The molecule has 1 aromatic heterocycles. The first-order valence-corrected chi connectivity index (χ1v) is 9.37. The van der Waals surface area contributed by atoms with Crippen LogP contribution in [0.2, 0.25) is 0 Å². The number of hydrogen-bond acceptors (Lipinski definition) is 5. The zero-order chi connectivity index (χ0) is 20.8. The average Bonchev–Trinajstić information content (AvgIpc) is 2.67. The van der Waals surface area contributed by atoms with E-state index < -0.39 is 22.9 Å². The van der Waals surface area contributed by atoms with E-state index in [1.165, 1.54) is 4.57 Å². The van der Waals surface area contributed by atoms with E-state index in [9.17, 15) is 19.2 Å². The summed E-state index contributed by atoms with van der Waals surface area (Å²) in [4.78, 5) is 53.5. The van der Waals surface area contributed by atoms with Crippen molar-refractivity contribution in [2.24, 2.45) is 0 Å². The molecule has 1 heterocycles. The van der Waals surface area contributed by atoms with E-state index in [0.717, 1.165) is 16.9 Å². The number of nitrogens with one attached hydrogen (secondary N) is 1. The van der Waals surface area contributed by atoms with E-state index in [4.69, 9.17) is 5.73 Å². The topological polar surface area (TPSA) is 118 Å². The van der Waals surface area contributed by atoms with Crippen molar-refractivity contribution in [1.82, 2.24) is 9.55 Å². The fourth-order valence-corrected chi connectivity index (χ4v) is 2.87. The van der Waals surface area contributed by atoms with Crippen LogP contribution < -0.4 is 21.9 Å². The molecule has 0 saturated heterocycles. The molecule has 0 bridgehead atoms. The Morgan fingerprint density at radius 1 is 1.11 bits per heavy atom. The molecule has 2 rings (SSSR count). The number of Topliss-reactive ketones (excluding diaryl/α,β-unsaturated/α-hetero) is 1. The number of aryl methyl sites for hydroxylation is 1. The SMILES string of the molecule is CCCCN(C(=O)C(=O)c1ccc(C)cc1)c1c(N)n(CCC)c(=O)[nH]c1=O. The Labute approximate surface area is 163 Å². The monoisotopic (exact) mass is 386 g/mol. The first kappa shape index (κ1) is 21.1. The molecule has 0 saturated carbocycles. The van der Waals surface area contributed by atoms with Crippen molar-refractivity contribution in [1.29, 1.82) is 0 Å². The predicted octanol–water partition coefficient (Wildman–Crippen LogP) is 1.85. The molecular weight excluding hydrogens is 360 g/mol. The molecule has 0 atom stereocenters. The van der Waals surface area contributed by atoms with Crippen molar-refractivity contribution >= 4 is 23.2 Å². The number of carbonyl (C=O) groups excluding carboxylic acids is 2. The lowest BCUT2D eigenvalue weighted by Gasteiger charge is -2.23. The second-order valence-corrected chi connectivity index (χ2v) is 6.65. The van der Waals surface area contributed by atoms with Crippen molar-refractivity contribution in [2.75, 3.05) is 17.2 Å². The molecule has 8 nitrogen and oxygen atoms in total. The van der Waals surface area contributed by atoms with Crippen LogP contribution in [0, 0.1) is 6.92 Å². The number of hydrogen-bond donors (Lipinski definition) is 2. The van der Waals surface area contributed by atoms with E-state index in [2.05, 4.69) is 4.98 Å². The van der Waals surface area contributed by atoms with Gasteiger partial charge >= 0.3 is 5.69 Å². The van der Waals surface area contributed by atoms with Gasteiger partial charge in [-0.25, -0.2) is 4.79 Å². The molecule has 1 aromatic carbocycles.